The molecule has 1 amide bonds. The number of halogens is 3. The minimum Gasteiger partial charge on any atom is -0.323 e. The summed E-state index contributed by atoms with van der Waals surface area (Å²) in [4.78, 5) is 14.3. The number of anilines is 1. The number of aryl methyl sites for hydroxylation is 1. The van der Waals surface area contributed by atoms with E-state index < -0.39 is 29.4 Å². The molecule has 0 aliphatic carbocycles. The Bertz CT molecular complexity index is 717. The summed E-state index contributed by atoms with van der Waals surface area (Å²) in [6.45, 7) is 4.35. The van der Waals surface area contributed by atoms with Crippen molar-refractivity contribution in [2.75, 3.05) is 12.4 Å². The van der Waals surface area contributed by atoms with Gasteiger partial charge >= 0.3 is 0 Å². The van der Waals surface area contributed by atoms with Crippen molar-refractivity contribution in [2.24, 2.45) is 0 Å². The van der Waals surface area contributed by atoms with E-state index in [9.17, 15) is 18.0 Å². The second-order valence-corrected chi connectivity index (χ2v) is 6.48. The number of thiophene rings is 1. The summed E-state index contributed by atoms with van der Waals surface area (Å²) in [6, 6.07) is 3.32. The zero-order valence-electron chi connectivity index (χ0n) is 13.0. The van der Waals surface area contributed by atoms with Gasteiger partial charge in [0.25, 0.3) is 5.91 Å². The molecule has 1 aromatic carbocycles. The first kappa shape index (κ1) is 17.5. The average Bonchev–Trinajstić information content (AvgIpc) is 2.92. The van der Waals surface area contributed by atoms with Gasteiger partial charge in [-0.2, -0.15) is 0 Å². The van der Waals surface area contributed by atoms with Crippen LogP contribution in [-0.2, 0) is 11.3 Å². The van der Waals surface area contributed by atoms with Gasteiger partial charge in [0.05, 0.1) is 17.6 Å². The summed E-state index contributed by atoms with van der Waals surface area (Å²) in [5.74, 6) is -4.73. The normalized spacial score (nSPS) is 13.7. The monoisotopic (exact) mass is 343 g/mol. The van der Waals surface area contributed by atoms with Crippen LogP contribution in [0.1, 0.15) is 17.4 Å². The van der Waals surface area contributed by atoms with Gasteiger partial charge in [0, 0.05) is 0 Å². The molecule has 0 saturated heterocycles. The quantitative estimate of drug-likeness (QED) is 0.804. The van der Waals surface area contributed by atoms with Gasteiger partial charge in [0.1, 0.15) is 6.54 Å². The number of rotatable bonds is 5. The number of quaternary nitrogens is 1. The predicted octanol–water partition coefficient (Wildman–Crippen LogP) is 2.52. The third-order valence-electron chi connectivity index (χ3n) is 3.83. The van der Waals surface area contributed by atoms with Gasteiger partial charge in [-0.05, 0) is 43.0 Å². The number of likely N-dealkylation sites (N-methyl/N-ethyl adjacent to an activating group) is 1. The highest BCUT2D eigenvalue weighted by atomic mass is 32.1. The van der Waals surface area contributed by atoms with Crippen molar-refractivity contribution < 1.29 is 22.9 Å². The lowest BCUT2D eigenvalue weighted by Gasteiger charge is -2.21. The molecular weight excluding hydrogens is 325 g/mol. The summed E-state index contributed by atoms with van der Waals surface area (Å²) in [5.41, 5.74) is 0.800. The Labute approximate surface area is 136 Å². The molecule has 0 radical (unpaired) electrons. The maximum atomic E-state index is 13.6. The van der Waals surface area contributed by atoms with Crippen molar-refractivity contribution in [3.63, 3.8) is 0 Å². The summed E-state index contributed by atoms with van der Waals surface area (Å²) >= 11 is 1.61. The fraction of sp³-hybridized carbons (Fsp3) is 0.312. The molecule has 3 nitrogen and oxygen atoms in total. The van der Waals surface area contributed by atoms with E-state index in [1.807, 2.05) is 25.4 Å². The third-order valence-corrected chi connectivity index (χ3v) is 4.86. The van der Waals surface area contributed by atoms with Gasteiger partial charge in [0.15, 0.2) is 23.5 Å². The van der Waals surface area contributed by atoms with E-state index in [4.69, 9.17) is 0 Å². The van der Waals surface area contributed by atoms with Crippen molar-refractivity contribution in [3.8, 4) is 0 Å². The Hall–Kier alpha value is -1.86. The fourth-order valence-electron chi connectivity index (χ4n) is 2.08. The molecule has 7 heteroatoms. The van der Waals surface area contributed by atoms with E-state index >= 15 is 0 Å². The van der Waals surface area contributed by atoms with Crippen molar-refractivity contribution in [1.29, 1.82) is 0 Å². The summed E-state index contributed by atoms with van der Waals surface area (Å²) in [6.07, 6.45) is 0. The molecule has 1 unspecified atom stereocenters. The van der Waals surface area contributed by atoms with Crippen LogP contribution >= 0.6 is 11.3 Å². The molecule has 2 aromatic rings. The molecule has 1 aromatic heterocycles. The lowest BCUT2D eigenvalue weighted by Crippen LogP contribution is -3.12. The van der Waals surface area contributed by atoms with Crippen LogP contribution in [0.3, 0.4) is 0 Å². The van der Waals surface area contributed by atoms with Gasteiger partial charge in [-0.3, -0.25) is 4.79 Å². The number of benzene rings is 1. The summed E-state index contributed by atoms with van der Waals surface area (Å²) < 4.78 is 39.7. The molecule has 2 N–H and O–H groups in total. The van der Waals surface area contributed by atoms with Crippen LogP contribution in [0, 0.1) is 24.4 Å². The van der Waals surface area contributed by atoms with Crippen molar-refractivity contribution in [1.82, 2.24) is 0 Å². The molecule has 2 rings (SSSR count). The molecule has 23 heavy (non-hydrogen) atoms. The molecule has 0 bridgehead atoms. The average molecular weight is 343 g/mol. The number of hydrogen-bond acceptors (Lipinski definition) is 2. The number of carbonyl (C=O) groups is 1. The molecule has 0 aliphatic rings. The summed E-state index contributed by atoms with van der Waals surface area (Å²) in [7, 11) is 1.85. The maximum absolute atomic E-state index is 13.6. The highest BCUT2D eigenvalue weighted by Crippen LogP contribution is 2.19. The molecule has 0 fully saturated rings. The zero-order valence-corrected chi connectivity index (χ0v) is 13.9. The Morgan fingerprint density at radius 1 is 1.26 bits per heavy atom. The first-order chi connectivity index (χ1) is 10.8. The SMILES string of the molecule is Cc1ccsc1C[NH+](C)[C@H](C)C(=O)Nc1ccc(F)c(F)c1F. The third kappa shape index (κ3) is 3.92. The van der Waals surface area contributed by atoms with Gasteiger partial charge in [0.2, 0.25) is 0 Å². The van der Waals surface area contributed by atoms with E-state index in [0.29, 0.717) is 6.54 Å². The topological polar surface area (TPSA) is 33.5 Å². The number of amides is 1. The second kappa shape index (κ2) is 7.14. The largest absolute Gasteiger partial charge is 0.323 e. The molecular formula is C16H18F3N2OS+. The molecule has 0 aliphatic heterocycles. The van der Waals surface area contributed by atoms with Crippen LogP contribution in [-0.4, -0.2) is 19.0 Å². The highest BCUT2D eigenvalue weighted by molar-refractivity contribution is 7.10. The van der Waals surface area contributed by atoms with Gasteiger partial charge in [-0.25, -0.2) is 13.2 Å². The Balaban J connectivity index is 2.05. The lowest BCUT2D eigenvalue weighted by molar-refractivity contribution is -0.907. The molecule has 2 atom stereocenters. The first-order valence-electron chi connectivity index (χ1n) is 7.11. The molecule has 124 valence electrons. The molecule has 0 saturated carbocycles. The first-order valence-corrected chi connectivity index (χ1v) is 7.99. The van der Waals surface area contributed by atoms with Crippen LogP contribution in [0.2, 0.25) is 0 Å². The standard InChI is InChI=1S/C16H17F3N2OS/c1-9-6-7-23-13(9)8-21(3)10(2)16(22)20-12-5-4-11(17)14(18)15(12)19/h4-7,10H,8H2,1-3H3,(H,20,22)/p+1/t10-/m1/s1. The maximum Gasteiger partial charge on any atom is 0.282 e. The number of hydrogen-bond donors (Lipinski definition) is 2. The van der Waals surface area contributed by atoms with Crippen LogP contribution in [0.4, 0.5) is 18.9 Å². The lowest BCUT2D eigenvalue weighted by atomic mass is 10.2. The Kier molecular flexibility index (Phi) is 5.43. The Morgan fingerprint density at radius 3 is 2.57 bits per heavy atom. The molecule has 1 heterocycles. The van der Waals surface area contributed by atoms with Crippen molar-refractivity contribution in [3.05, 3.63) is 51.5 Å². The zero-order chi connectivity index (χ0) is 17.1. The smallest absolute Gasteiger partial charge is 0.282 e. The van der Waals surface area contributed by atoms with Crippen LogP contribution in [0.15, 0.2) is 23.6 Å². The number of nitrogens with one attached hydrogen (secondary N) is 2. The van der Waals surface area contributed by atoms with E-state index in [2.05, 4.69) is 5.32 Å². The van der Waals surface area contributed by atoms with E-state index in [1.54, 1.807) is 18.3 Å². The van der Waals surface area contributed by atoms with E-state index in [0.717, 1.165) is 22.6 Å². The highest BCUT2D eigenvalue weighted by Gasteiger charge is 2.24. The summed E-state index contributed by atoms with van der Waals surface area (Å²) in [5, 5.41) is 4.30. The fourth-order valence-corrected chi connectivity index (χ4v) is 3.08. The second-order valence-electron chi connectivity index (χ2n) is 5.48. The Morgan fingerprint density at radius 2 is 1.96 bits per heavy atom. The minimum absolute atomic E-state index is 0.360. The van der Waals surface area contributed by atoms with Crippen molar-refractivity contribution >= 4 is 22.9 Å². The molecule has 0 spiro atoms. The van der Waals surface area contributed by atoms with E-state index in [1.165, 1.54) is 4.88 Å². The number of carbonyl (C=O) groups excluding carboxylic acids is 1. The van der Waals surface area contributed by atoms with Crippen LogP contribution in [0.5, 0.6) is 0 Å². The van der Waals surface area contributed by atoms with Crippen molar-refractivity contribution in [2.45, 2.75) is 26.4 Å². The minimum atomic E-state index is -1.59. The van der Waals surface area contributed by atoms with Gasteiger partial charge in [-0.15, -0.1) is 11.3 Å². The predicted molar refractivity (Wildman–Crippen MR) is 84.1 cm³/mol. The van der Waals surface area contributed by atoms with E-state index in [-0.39, 0.29) is 5.69 Å². The van der Waals surface area contributed by atoms with Gasteiger partial charge in [-0.1, -0.05) is 0 Å². The van der Waals surface area contributed by atoms with Gasteiger partial charge < -0.3 is 10.2 Å². The van der Waals surface area contributed by atoms with Crippen LogP contribution in [0.25, 0.3) is 0 Å². The van der Waals surface area contributed by atoms with Crippen LogP contribution < -0.4 is 10.2 Å².